The van der Waals surface area contributed by atoms with E-state index in [2.05, 4.69) is 21.2 Å². The number of methoxy groups -OCH3 is 1. The third-order valence-corrected chi connectivity index (χ3v) is 7.92. The number of ether oxygens (including phenoxy) is 3. The number of aliphatic hydroxyl groups excluding tert-OH is 1. The molecule has 1 amide bonds. The topological polar surface area (TPSA) is 89.4 Å². The van der Waals surface area contributed by atoms with Crippen LogP contribution in [0.1, 0.15) is 34.8 Å². The molecule has 0 unspecified atom stereocenters. The number of amides is 1. The standard InChI is InChI=1S/C34H32BrClN2O5/c1-41-30-8-3-6-26(20-30)31-34(21-23-9-13-27(35)14-10-23,33(40)37-22-24-5-2-7-28(36)19-24)38-32(43-31)25-11-15-29(16-12-25)42-18-4-17-39/h2-3,5-16,19-20,31,39H,4,17-18,21-22H2,1H3,(H,37,40)/t31-,34-/m1/s1. The molecule has 0 radical (unpaired) electrons. The van der Waals surface area contributed by atoms with Gasteiger partial charge in [-0.1, -0.05) is 63.9 Å². The second-order valence-corrected chi connectivity index (χ2v) is 11.5. The first-order chi connectivity index (χ1) is 20.9. The molecule has 0 saturated heterocycles. The fourth-order valence-corrected chi connectivity index (χ4v) is 5.46. The van der Waals surface area contributed by atoms with Crippen LogP contribution in [0.15, 0.2) is 107 Å². The van der Waals surface area contributed by atoms with E-state index in [0.717, 1.165) is 21.2 Å². The number of carbonyl (C=O) groups excluding carboxylic acids is 1. The molecule has 9 heteroatoms. The molecular formula is C34H32BrClN2O5. The number of halogens is 2. The molecule has 7 nitrogen and oxygen atoms in total. The molecule has 0 aromatic heterocycles. The summed E-state index contributed by atoms with van der Waals surface area (Å²) >= 11 is 9.72. The van der Waals surface area contributed by atoms with Crippen LogP contribution in [-0.2, 0) is 22.5 Å². The number of rotatable bonds is 12. The van der Waals surface area contributed by atoms with Crippen molar-refractivity contribution in [2.24, 2.45) is 4.99 Å². The van der Waals surface area contributed by atoms with Gasteiger partial charge in [0.2, 0.25) is 5.90 Å². The fraction of sp³-hybridized carbons (Fsp3) is 0.235. The van der Waals surface area contributed by atoms with Gasteiger partial charge in [-0.3, -0.25) is 4.79 Å². The summed E-state index contributed by atoms with van der Waals surface area (Å²) in [6.45, 7) is 0.750. The number of nitrogens with zero attached hydrogens (tertiary/aromatic N) is 1. The van der Waals surface area contributed by atoms with Gasteiger partial charge in [0.25, 0.3) is 5.91 Å². The molecule has 0 fully saturated rings. The molecule has 5 rings (SSSR count). The highest BCUT2D eigenvalue weighted by atomic mass is 79.9. The van der Waals surface area contributed by atoms with Crippen LogP contribution in [0.5, 0.6) is 11.5 Å². The normalized spacial score (nSPS) is 17.6. The van der Waals surface area contributed by atoms with Gasteiger partial charge in [0.05, 0.1) is 13.7 Å². The lowest BCUT2D eigenvalue weighted by Gasteiger charge is -2.31. The zero-order valence-electron chi connectivity index (χ0n) is 23.6. The molecule has 43 heavy (non-hydrogen) atoms. The number of benzene rings is 4. The zero-order chi connectivity index (χ0) is 30.2. The van der Waals surface area contributed by atoms with Crippen molar-refractivity contribution in [1.29, 1.82) is 0 Å². The van der Waals surface area contributed by atoms with Crippen LogP contribution in [0, 0.1) is 0 Å². The summed E-state index contributed by atoms with van der Waals surface area (Å²) in [6, 6.07) is 30.1. The highest BCUT2D eigenvalue weighted by molar-refractivity contribution is 9.10. The Hall–Kier alpha value is -3.85. The molecule has 1 heterocycles. The van der Waals surface area contributed by atoms with Crippen LogP contribution in [0.4, 0.5) is 0 Å². The molecule has 4 aromatic carbocycles. The Balaban J connectivity index is 1.56. The third kappa shape index (κ3) is 7.39. The molecule has 0 saturated carbocycles. The maximum atomic E-state index is 14.4. The fourth-order valence-electron chi connectivity index (χ4n) is 4.98. The Morgan fingerprint density at radius 2 is 1.77 bits per heavy atom. The van der Waals surface area contributed by atoms with Crippen LogP contribution >= 0.6 is 27.5 Å². The highest BCUT2D eigenvalue weighted by Gasteiger charge is 2.53. The SMILES string of the molecule is COc1cccc([C@H]2OC(c3ccc(OCCCO)cc3)=N[C@@]2(Cc2ccc(Br)cc2)C(=O)NCc2cccc(Cl)c2)c1. The number of aliphatic hydroxyl groups is 1. The second kappa shape index (κ2) is 14.1. The van der Waals surface area contributed by atoms with E-state index in [1.807, 2.05) is 91.0 Å². The first-order valence-electron chi connectivity index (χ1n) is 13.9. The van der Waals surface area contributed by atoms with Gasteiger partial charge in [0.15, 0.2) is 11.6 Å². The van der Waals surface area contributed by atoms with E-state index < -0.39 is 11.6 Å². The van der Waals surface area contributed by atoms with E-state index >= 15 is 0 Å². The van der Waals surface area contributed by atoms with Crippen LogP contribution < -0.4 is 14.8 Å². The van der Waals surface area contributed by atoms with E-state index in [0.29, 0.717) is 41.0 Å². The lowest BCUT2D eigenvalue weighted by atomic mass is 9.82. The Kier molecular flexibility index (Phi) is 10.0. The molecule has 2 N–H and O–H groups in total. The van der Waals surface area contributed by atoms with Crippen molar-refractivity contribution in [1.82, 2.24) is 5.32 Å². The smallest absolute Gasteiger partial charge is 0.252 e. The van der Waals surface area contributed by atoms with Crippen molar-refractivity contribution in [2.75, 3.05) is 20.3 Å². The molecule has 222 valence electrons. The van der Waals surface area contributed by atoms with Crippen molar-refractivity contribution in [3.8, 4) is 11.5 Å². The summed E-state index contributed by atoms with van der Waals surface area (Å²) in [5.74, 6) is 1.39. The number of hydrogen-bond acceptors (Lipinski definition) is 6. The Bertz CT molecular complexity index is 1580. The minimum Gasteiger partial charge on any atom is -0.497 e. The zero-order valence-corrected chi connectivity index (χ0v) is 26.0. The van der Waals surface area contributed by atoms with Crippen molar-refractivity contribution in [2.45, 2.75) is 31.0 Å². The van der Waals surface area contributed by atoms with E-state index in [1.165, 1.54) is 0 Å². The van der Waals surface area contributed by atoms with Crippen molar-refractivity contribution >= 4 is 39.3 Å². The molecule has 2 atom stereocenters. The minimum atomic E-state index is -1.34. The molecular weight excluding hydrogens is 632 g/mol. The average Bonchev–Trinajstić information content (AvgIpc) is 3.42. The largest absolute Gasteiger partial charge is 0.497 e. The van der Waals surface area contributed by atoms with E-state index in [9.17, 15) is 4.79 Å². The molecule has 4 aromatic rings. The van der Waals surface area contributed by atoms with Crippen molar-refractivity contribution in [3.63, 3.8) is 0 Å². The van der Waals surface area contributed by atoms with Gasteiger partial charge in [-0.25, -0.2) is 4.99 Å². The quantitative estimate of drug-likeness (QED) is 0.165. The Morgan fingerprint density at radius 1 is 1.00 bits per heavy atom. The molecule has 0 spiro atoms. The maximum absolute atomic E-state index is 14.4. The monoisotopic (exact) mass is 662 g/mol. The summed E-state index contributed by atoms with van der Waals surface area (Å²) < 4.78 is 18.8. The molecule has 1 aliphatic heterocycles. The molecule has 0 aliphatic carbocycles. The summed E-state index contributed by atoms with van der Waals surface area (Å²) in [4.78, 5) is 19.5. The van der Waals surface area contributed by atoms with Crippen LogP contribution in [-0.4, -0.2) is 42.8 Å². The van der Waals surface area contributed by atoms with Gasteiger partial charge in [-0.05, 0) is 77.4 Å². The summed E-state index contributed by atoms with van der Waals surface area (Å²) in [6.07, 6.45) is 0.0824. The third-order valence-electron chi connectivity index (χ3n) is 7.16. The van der Waals surface area contributed by atoms with Crippen molar-refractivity contribution < 1.29 is 24.1 Å². The van der Waals surface area contributed by atoms with Gasteiger partial charge in [0, 0.05) is 41.1 Å². The Labute approximate surface area is 264 Å². The lowest BCUT2D eigenvalue weighted by Crippen LogP contribution is -2.49. The van der Waals surface area contributed by atoms with E-state index in [4.69, 9.17) is 35.9 Å². The first kappa shape index (κ1) is 30.6. The van der Waals surface area contributed by atoms with Gasteiger partial charge < -0.3 is 24.6 Å². The van der Waals surface area contributed by atoms with E-state index in [-0.39, 0.29) is 25.5 Å². The average molecular weight is 664 g/mol. The molecule has 1 aliphatic rings. The Morgan fingerprint density at radius 3 is 2.49 bits per heavy atom. The van der Waals surface area contributed by atoms with Crippen LogP contribution in [0.25, 0.3) is 0 Å². The first-order valence-corrected chi connectivity index (χ1v) is 15.1. The van der Waals surface area contributed by atoms with Crippen LogP contribution in [0.3, 0.4) is 0 Å². The number of nitrogens with one attached hydrogen (secondary N) is 1. The summed E-state index contributed by atoms with van der Waals surface area (Å²) in [5.41, 5.74) is 1.93. The predicted molar refractivity (Wildman–Crippen MR) is 171 cm³/mol. The minimum absolute atomic E-state index is 0.0637. The van der Waals surface area contributed by atoms with Crippen LogP contribution in [0.2, 0.25) is 5.02 Å². The molecule has 0 bridgehead atoms. The van der Waals surface area contributed by atoms with Gasteiger partial charge in [0.1, 0.15) is 11.5 Å². The summed E-state index contributed by atoms with van der Waals surface area (Å²) in [7, 11) is 1.60. The van der Waals surface area contributed by atoms with Gasteiger partial charge in [-0.2, -0.15) is 0 Å². The maximum Gasteiger partial charge on any atom is 0.252 e. The highest BCUT2D eigenvalue weighted by Crippen LogP contribution is 2.43. The predicted octanol–water partition coefficient (Wildman–Crippen LogP) is 6.69. The van der Waals surface area contributed by atoms with Gasteiger partial charge in [-0.15, -0.1) is 0 Å². The second-order valence-electron chi connectivity index (χ2n) is 10.2. The lowest BCUT2D eigenvalue weighted by molar-refractivity contribution is -0.129. The van der Waals surface area contributed by atoms with E-state index in [1.54, 1.807) is 13.2 Å². The van der Waals surface area contributed by atoms with Crippen molar-refractivity contribution in [3.05, 3.63) is 129 Å². The number of hydrogen-bond donors (Lipinski definition) is 2. The summed E-state index contributed by atoms with van der Waals surface area (Å²) in [5, 5.41) is 12.8. The number of aliphatic imine (C=N–C) groups is 1. The van der Waals surface area contributed by atoms with Gasteiger partial charge >= 0.3 is 0 Å². The number of carbonyl (C=O) groups is 1.